The van der Waals surface area contributed by atoms with Crippen LogP contribution < -0.4 is 14.8 Å². The number of ether oxygens (including phenoxy) is 3. The predicted octanol–water partition coefficient (Wildman–Crippen LogP) is 5.30. The lowest BCUT2D eigenvalue weighted by atomic mass is 9.89. The van der Waals surface area contributed by atoms with Crippen molar-refractivity contribution in [2.45, 2.75) is 82.3 Å². The van der Waals surface area contributed by atoms with Crippen LogP contribution in [0.3, 0.4) is 0 Å². The van der Waals surface area contributed by atoms with E-state index in [0.29, 0.717) is 30.4 Å². The number of hydrogen-bond donors (Lipinski definition) is 4. The van der Waals surface area contributed by atoms with E-state index in [1.165, 1.54) is 25.3 Å². The second kappa shape index (κ2) is 23.7. The lowest BCUT2D eigenvalue weighted by Gasteiger charge is -2.19. The van der Waals surface area contributed by atoms with Gasteiger partial charge in [-0.3, -0.25) is 9.59 Å². The summed E-state index contributed by atoms with van der Waals surface area (Å²) in [4.78, 5) is 50.7. The van der Waals surface area contributed by atoms with Crippen molar-refractivity contribution >= 4 is 23.9 Å². The molecule has 0 bridgehead atoms. The van der Waals surface area contributed by atoms with E-state index in [1.807, 2.05) is 12.2 Å². The van der Waals surface area contributed by atoms with Gasteiger partial charge in [0, 0.05) is 25.2 Å². The number of aliphatic hydroxyl groups is 3. The van der Waals surface area contributed by atoms with Gasteiger partial charge in [-0.25, -0.2) is 4.79 Å². The van der Waals surface area contributed by atoms with Crippen molar-refractivity contribution in [3.63, 3.8) is 0 Å². The minimum atomic E-state index is -4.45. The fourth-order valence-corrected chi connectivity index (χ4v) is 6.07. The lowest BCUT2D eigenvalue weighted by Crippen LogP contribution is -2.31. The van der Waals surface area contributed by atoms with E-state index in [1.54, 1.807) is 36.4 Å². The first-order chi connectivity index (χ1) is 27.2. The Labute approximate surface area is 328 Å². The molecule has 2 aromatic rings. The summed E-state index contributed by atoms with van der Waals surface area (Å²) in [7, 11) is 1.39. The number of hydrogen-bond acceptors (Lipinski definition) is 12. The summed E-state index contributed by atoms with van der Waals surface area (Å²) in [5.41, 5.74) is 0.353. The number of unbranched alkanes of at least 4 members (excludes halogenated alkanes) is 1. The molecule has 14 nitrogen and oxygen atoms in total. The van der Waals surface area contributed by atoms with Crippen LogP contribution in [0.2, 0.25) is 0 Å². The van der Waals surface area contributed by atoms with Crippen LogP contribution in [0, 0.1) is 22.0 Å². The first-order valence-corrected chi connectivity index (χ1v) is 18.4. The third kappa shape index (κ3) is 17.2. The van der Waals surface area contributed by atoms with Crippen molar-refractivity contribution < 1.29 is 67.0 Å². The number of carbonyl (C=O) groups is 3. The zero-order chi connectivity index (χ0) is 41.8. The van der Waals surface area contributed by atoms with E-state index in [-0.39, 0.29) is 81.6 Å². The highest BCUT2D eigenvalue weighted by atomic mass is 19.4. The molecule has 4 N–H and O–H groups in total. The van der Waals surface area contributed by atoms with E-state index in [0.717, 1.165) is 12.1 Å². The third-order valence-electron chi connectivity index (χ3n) is 9.02. The highest BCUT2D eigenvalue weighted by molar-refractivity contribution is 5.83. The van der Waals surface area contributed by atoms with Crippen molar-refractivity contribution in [2.24, 2.45) is 11.8 Å². The van der Waals surface area contributed by atoms with E-state index in [2.05, 4.69) is 10.2 Å². The number of amides is 1. The van der Waals surface area contributed by atoms with E-state index in [4.69, 9.17) is 14.2 Å². The molecule has 5 atom stereocenters. The van der Waals surface area contributed by atoms with E-state index in [9.17, 15) is 53.0 Å². The number of alkyl halides is 3. The number of aryl methyl sites for hydroxylation is 1. The van der Waals surface area contributed by atoms with Gasteiger partial charge in [0.2, 0.25) is 5.91 Å². The first-order valence-electron chi connectivity index (χ1n) is 18.4. The van der Waals surface area contributed by atoms with Crippen molar-refractivity contribution in [2.75, 3.05) is 26.9 Å². The minimum absolute atomic E-state index is 0.0341. The Bertz CT molecular complexity index is 1710. The summed E-state index contributed by atoms with van der Waals surface area (Å²) in [6.45, 7) is -0.613. The van der Waals surface area contributed by atoms with Gasteiger partial charge in [-0.15, -0.1) is 10.1 Å². The van der Waals surface area contributed by atoms with Gasteiger partial charge in [0.05, 0.1) is 37.6 Å². The number of esters is 2. The van der Waals surface area contributed by atoms with Crippen molar-refractivity contribution in [3.8, 4) is 11.5 Å². The maximum atomic E-state index is 13.0. The molecule has 17 heteroatoms. The number of nitrogens with zero attached hydrogens (tertiary/aromatic N) is 1. The van der Waals surface area contributed by atoms with Crippen molar-refractivity contribution in [1.82, 2.24) is 5.32 Å². The highest BCUT2D eigenvalue weighted by Crippen LogP contribution is 2.36. The molecular weight excluding hydrogens is 757 g/mol. The van der Waals surface area contributed by atoms with Gasteiger partial charge >= 0.3 is 18.1 Å². The maximum Gasteiger partial charge on any atom is 0.416 e. The second-order valence-corrected chi connectivity index (χ2v) is 13.3. The largest absolute Gasteiger partial charge is 0.493 e. The summed E-state index contributed by atoms with van der Waals surface area (Å²) < 4.78 is 54.6. The number of methoxy groups -OCH3 is 1. The smallest absolute Gasteiger partial charge is 0.416 e. The fraction of sp³-hybridized carbons (Fsp3) is 0.475. The molecule has 1 fully saturated rings. The number of benzene rings is 2. The van der Waals surface area contributed by atoms with Gasteiger partial charge in [-0.1, -0.05) is 54.6 Å². The van der Waals surface area contributed by atoms with Gasteiger partial charge in [0.25, 0.3) is 5.09 Å². The Balaban J connectivity index is 1.34. The Morgan fingerprint density at radius 1 is 1.02 bits per heavy atom. The summed E-state index contributed by atoms with van der Waals surface area (Å²) in [6.07, 6.45) is 5.43. The summed E-state index contributed by atoms with van der Waals surface area (Å²) >= 11 is 0. The summed E-state index contributed by atoms with van der Waals surface area (Å²) in [5, 5.41) is 43.2. The van der Waals surface area contributed by atoms with Crippen LogP contribution >= 0.6 is 0 Å². The SMILES string of the molecule is COc1cc(/C=C/COC(=O)CCCO[N+](=O)[O-])ccc1OC(=O)CNC(=O)CCC/C=C\C[C@@H]1[C@@H](/C=C/[C@@H](O)CCc2cccc(C(F)(F)F)c2)[C@H](O)C[C@@H]1O. The molecule has 3 rings (SSSR count). The lowest BCUT2D eigenvalue weighted by molar-refractivity contribution is -0.757. The number of rotatable bonds is 23. The van der Waals surface area contributed by atoms with Crippen LogP contribution in [0.15, 0.2) is 72.8 Å². The number of aliphatic hydroxyl groups excluding tert-OH is 3. The molecule has 0 unspecified atom stereocenters. The monoisotopic (exact) mass is 806 g/mol. The molecule has 1 amide bonds. The Kier molecular flexibility index (Phi) is 19.2. The zero-order valence-electron chi connectivity index (χ0n) is 31.5. The van der Waals surface area contributed by atoms with Gasteiger partial charge in [0.1, 0.15) is 13.2 Å². The molecule has 0 spiro atoms. The van der Waals surface area contributed by atoms with E-state index < -0.39 is 53.0 Å². The zero-order valence-corrected chi connectivity index (χ0v) is 31.5. The third-order valence-corrected chi connectivity index (χ3v) is 9.02. The second-order valence-electron chi connectivity index (χ2n) is 13.3. The van der Waals surface area contributed by atoms with Crippen molar-refractivity contribution in [3.05, 3.63) is 99.6 Å². The number of halogens is 3. The molecule has 2 aromatic carbocycles. The molecule has 0 aliphatic heterocycles. The minimum Gasteiger partial charge on any atom is -0.493 e. The Morgan fingerprint density at radius 2 is 1.81 bits per heavy atom. The summed E-state index contributed by atoms with van der Waals surface area (Å²) in [5.74, 6) is -1.98. The topological polar surface area (TPSA) is 204 Å². The van der Waals surface area contributed by atoms with Crippen LogP contribution in [0.1, 0.15) is 68.1 Å². The predicted molar refractivity (Wildman–Crippen MR) is 200 cm³/mol. The number of nitrogens with one attached hydrogen (secondary N) is 1. The molecule has 0 aromatic heterocycles. The first kappa shape index (κ1) is 46.1. The van der Waals surface area contributed by atoms with E-state index >= 15 is 0 Å². The molecule has 1 aliphatic carbocycles. The standard InChI is InChI=1S/C40H49F3N2O12/c1-54-36-24-28(10-7-21-55-38(50)14-8-22-56-45(52)53)16-20-35(36)57-39(51)26-44-37(49)13-5-3-2-4-12-31-32(34(48)25-33(31)47)19-18-30(46)17-15-27-9-6-11-29(23-27)40(41,42)43/h2,4,6-7,9-11,16,18-20,23-24,30-34,46-48H,3,5,8,12-15,17,21-22,25-26H2,1H3,(H,44,49)/b4-2-,10-7+,19-18+/t30-,31+,32+,33-,34+/m0/s1. The van der Waals surface area contributed by atoms with Gasteiger partial charge in [-0.05, 0) is 79.8 Å². The van der Waals surface area contributed by atoms with Crippen LogP contribution in [-0.2, 0) is 36.6 Å². The molecule has 0 saturated heterocycles. The van der Waals surface area contributed by atoms with Crippen LogP contribution in [0.25, 0.3) is 6.08 Å². The van der Waals surface area contributed by atoms with Gasteiger partial charge in [-0.2, -0.15) is 13.2 Å². The summed E-state index contributed by atoms with van der Waals surface area (Å²) in [6, 6.07) is 9.68. The molecule has 57 heavy (non-hydrogen) atoms. The van der Waals surface area contributed by atoms with Crippen LogP contribution in [-0.4, -0.2) is 83.4 Å². The molecule has 1 aliphatic rings. The van der Waals surface area contributed by atoms with Crippen molar-refractivity contribution in [1.29, 1.82) is 0 Å². The fourth-order valence-electron chi connectivity index (χ4n) is 6.07. The number of carbonyl (C=O) groups excluding carboxylic acids is 3. The Morgan fingerprint density at radius 3 is 2.54 bits per heavy atom. The highest BCUT2D eigenvalue weighted by Gasteiger charge is 2.39. The van der Waals surface area contributed by atoms with Crippen LogP contribution in [0.4, 0.5) is 13.2 Å². The average Bonchev–Trinajstić information content (AvgIpc) is 3.44. The maximum absolute atomic E-state index is 13.0. The van der Waals surface area contributed by atoms with Gasteiger partial charge in [0.15, 0.2) is 11.5 Å². The molecule has 0 heterocycles. The Hall–Kier alpha value is -5.26. The molecule has 312 valence electrons. The number of allylic oxidation sites excluding steroid dienone is 2. The normalized spacial score (nSPS) is 18.9. The van der Waals surface area contributed by atoms with Crippen LogP contribution in [0.5, 0.6) is 11.5 Å². The average molecular weight is 807 g/mol. The molecule has 1 saturated carbocycles. The molecule has 0 radical (unpaired) electrons. The quantitative estimate of drug-likeness (QED) is 0.0282. The molecular formula is C40H49F3N2O12. The van der Waals surface area contributed by atoms with Gasteiger partial charge < -0.3 is 39.7 Å².